The first-order chi connectivity index (χ1) is 10.7. The first-order valence-electron chi connectivity index (χ1n) is 8.73. The second-order valence-corrected chi connectivity index (χ2v) is 5.69. The molecule has 0 spiro atoms. The van der Waals surface area contributed by atoms with Crippen LogP contribution in [-0.4, -0.2) is 21.3 Å². The molecule has 0 bridgehead atoms. The molecule has 0 saturated heterocycles. The first kappa shape index (κ1) is 18.5. The lowest BCUT2D eigenvalue weighted by Gasteiger charge is -2.10. The van der Waals surface area contributed by atoms with Gasteiger partial charge in [0.05, 0.1) is 5.69 Å². The van der Waals surface area contributed by atoms with E-state index in [0.717, 1.165) is 36.9 Å². The van der Waals surface area contributed by atoms with Crippen LogP contribution in [-0.2, 0) is 17.6 Å². The van der Waals surface area contributed by atoms with Gasteiger partial charge in [-0.1, -0.05) is 59.3 Å². The zero-order valence-corrected chi connectivity index (χ0v) is 14.3. The van der Waals surface area contributed by atoms with Crippen molar-refractivity contribution in [2.24, 2.45) is 0 Å². The number of hydrogen-bond donors (Lipinski definition) is 1. The number of nitrogens with one attached hydrogen (secondary N) is 1. The van der Waals surface area contributed by atoms with E-state index in [1.807, 2.05) is 13.8 Å². The maximum absolute atomic E-state index is 12.0. The van der Waals surface area contributed by atoms with E-state index in [2.05, 4.69) is 27.7 Å². The minimum atomic E-state index is 0.0332. The number of carbonyl (C=O) groups is 1. The number of anilines is 1. The van der Waals surface area contributed by atoms with Crippen molar-refractivity contribution in [2.45, 2.75) is 85.0 Å². The second-order valence-electron chi connectivity index (χ2n) is 5.69. The topological polar surface area (TPSA) is 67.8 Å². The molecule has 1 aromatic heterocycles. The Morgan fingerprint density at radius 3 is 2.23 bits per heavy atom. The molecule has 124 valence electrons. The van der Waals surface area contributed by atoms with Crippen LogP contribution in [0.3, 0.4) is 0 Å². The third kappa shape index (κ3) is 6.50. The van der Waals surface area contributed by atoms with Crippen LogP contribution >= 0.6 is 0 Å². The summed E-state index contributed by atoms with van der Waals surface area (Å²) < 4.78 is 0. The first-order valence-corrected chi connectivity index (χ1v) is 8.73. The van der Waals surface area contributed by atoms with Crippen LogP contribution in [0.15, 0.2) is 0 Å². The third-order valence-corrected chi connectivity index (χ3v) is 3.90. The zero-order valence-electron chi connectivity index (χ0n) is 14.3. The Kier molecular flexibility index (Phi) is 9.35. The quantitative estimate of drug-likeness (QED) is 0.626. The second kappa shape index (κ2) is 11.1. The van der Waals surface area contributed by atoms with Crippen LogP contribution in [0.2, 0.25) is 0 Å². The molecule has 0 radical (unpaired) electrons. The summed E-state index contributed by atoms with van der Waals surface area (Å²) >= 11 is 0. The number of hydrogen-bond acceptors (Lipinski definition) is 4. The van der Waals surface area contributed by atoms with Crippen LogP contribution in [0.25, 0.3) is 0 Å². The van der Waals surface area contributed by atoms with Crippen molar-refractivity contribution in [1.29, 1.82) is 0 Å². The number of unbranched alkanes of at least 4 members (excludes halogenated alkanes) is 6. The molecule has 1 amide bonds. The highest BCUT2D eigenvalue weighted by Gasteiger charge is 2.12. The molecule has 0 atom stereocenters. The van der Waals surface area contributed by atoms with Gasteiger partial charge in [-0.15, -0.1) is 10.2 Å². The number of aryl methyl sites for hydroxylation is 1. The number of carbonyl (C=O) groups excluding carboxylic acids is 1. The van der Waals surface area contributed by atoms with E-state index < -0.39 is 0 Å². The number of nitrogens with zero attached hydrogens (tertiary/aromatic N) is 3. The molecule has 22 heavy (non-hydrogen) atoms. The predicted octanol–water partition coefficient (Wildman–Crippen LogP) is 4.08. The van der Waals surface area contributed by atoms with Crippen molar-refractivity contribution in [3.63, 3.8) is 0 Å². The Bertz CT molecular complexity index is 448. The molecule has 5 heteroatoms. The largest absolute Gasteiger partial charge is 0.309 e. The fourth-order valence-corrected chi connectivity index (χ4v) is 2.57. The lowest BCUT2D eigenvalue weighted by atomic mass is 10.1. The van der Waals surface area contributed by atoms with E-state index in [4.69, 9.17) is 0 Å². The van der Waals surface area contributed by atoms with Crippen molar-refractivity contribution in [1.82, 2.24) is 15.4 Å². The summed E-state index contributed by atoms with van der Waals surface area (Å²) in [6.45, 7) is 6.30. The van der Waals surface area contributed by atoms with Gasteiger partial charge in [0.15, 0.2) is 5.82 Å². The Labute approximate surface area is 134 Å². The highest BCUT2D eigenvalue weighted by atomic mass is 16.1. The fourth-order valence-electron chi connectivity index (χ4n) is 2.57. The van der Waals surface area contributed by atoms with Gasteiger partial charge in [0.25, 0.3) is 0 Å². The van der Waals surface area contributed by atoms with Gasteiger partial charge in [0.2, 0.25) is 5.91 Å². The summed E-state index contributed by atoms with van der Waals surface area (Å²) in [7, 11) is 0. The monoisotopic (exact) mass is 306 g/mol. The highest BCUT2D eigenvalue weighted by Crippen LogP contribution is 2.16. The Morgan fingerprint density at radius 1 is 0.909 bits per heavy atom. The molecule has 0 aliphatic heterocycles. The normalized spacial score (nSPS) is 10.7. The lowest BCUT2D eigenvalue weighted by Crippen LogP contribution is -2.16. The number of amides is 1. The molecule has 0 aliphatic rings. The summed E-state index contributed by atoms with van der Waals surface area (Å²) in [5.74, 6) is 0.619. The average molecular weight is 306 g/mol. The van der Waals surface area contributed by atoms with Gasteiger partial charge in [-0.2, -0.15) is 0 Å². The predicted molar refractivity (Wildman–Crippen MR) is 89.8 cm³/mol. The van der Waals surface area contributed by atoms with Gasteiger partial charge in [-0.3, -0.25) is 4.79 Å². The number of rotatable bonds is 11. The summed E-state index contributed by atoms with van der Waals surface area (Å²) in [5.41, 5.74) is 1.93. The Hall–Kier alpha value is -1.52. The smallest absolute Gasteiger partial charge is 0.225 e. The lowest BCUT2D eigenvalue weighted by molar-refractivity contribution is -0.116. The van der Waals surface area contributed by atoms with Crippen LogP contribution in [0.5, 0.6) is 0 Å². The van der Waals surface area contributed by atoms with Gasteiger partial charge in [0.1, 0.15) is 0 Å². The van der Waals surface area contributed by atoms with Crippen LogP contribution in [0.1, 0.15) is 83.4 Å². The molecule has 0 aliphatic carbocycles. The van der Waals surface area contributed by atoms with Gasteiger partial charge >= 0.3 is 0 Å². The maximum atomic E-state index is 12.0. The van der Waals surface area contributed by atoms with Crippen molar-refractivity contribution in [3.05, 3.63) is 11.3 Å². The molecule has 0 unspecified atom stereocenters. The van der Waals surface area contributed by atoms with Crippen LogP contribution in [0, 0.1) is 0 Å². The molecule has 0 aromatic carbocycles. The third-order valence-electron chi connectivity index (χ3n) is 3.90. The minimum Gasteiger partial charge on any atom is -0.309 e. The molecule has 1 aromatic rings. The molecule has 0 saturated carbocycles. The summed E-state index contributed by atoms with van der Waals surface area (Å²) in [6, 6.07) is 0. The molecule has 0 fully saturated rings. The number of aromatic nitrogens is 3. The van der Waals surface area contributed by atoms with Crippen molar-refractivity contribution >= 4 is 11.7 Å². The average Bonchev–Trinajstić information content (AvgIpc) is 2.53. The summed E-state index contributed by atoms with van der Waals surface area (Å²) in [5, 5.41) is 14.7. The molecule has 1 heterocycles. The Morgan fingerprint density at radius 2 is 1.59 bits per heavy atom. The van der Waals surface area contributed by atoms with Gasteiger partial charge in [-0.25, -0.2) is 0 Å². The molecule has 1 rings (SSSR count). The van der Waals surface area contributed by atoms with Crippen molar-refractivity contribution in [2.75, 3.05) is 5.32 Å². The van der Waals surface area contributed by atoms with E-state index >= 15 is 0 Å². The summed E-state index contributed by atoms with van der Waals surface area (Å²) in [6.07, 6.45) is 10.7. The van der Waals surface area contributed by atoms with E-state index in [0.29, 0.717) is 12.2 Å². The van der Waals surface area contributed by atoms with E-state index in [1.165, 1.54) is 32.1 Å². The van der Waals surface area contributed by atoms with Crippen LogP contribution in [0.4, 0.5) is 5.82 Å². The minimum absolute atomic E-state index is 0.0332. The molecular formula is C17H30N4O. The molecule has 5 nitrogen and oxygen atoms in total. The maximum Gasteiger partial charge on any atom is 0.225 e. The fraction of sp³-hybridized carbons (Fsp3) is 0.765. The van der Waals surface area contributed by atoms with Crippen molar-refractivity contribution in [3.8, 4) is 0 Å². The van der Waals surface area contributed by atoms with Gasteiger partial charge < -0.3 is 5.32 Å². The zero-order chi connectivity index (χ0) is 16.2. The molecular weight excluding hydrogens is 276 g/mol. The van der Waals surface area contributed by atoms with Crippen molar-refractivity contribution < 1.29 is 4.79 Å². The van der Waals surface area contributed by atoms with Gasteiger partial charge in [0, 0.05) is 12.0 Å². The highest BCUT2D eigenvalue weighted by molar-refractivity contribution is 5.90. The standard InChI is InChI=1S/C17H30N4O/c1-4-7-8-9-10-11-12-13-16(22)18-17-14(5-2)15(6-3)19-21-20-17/h4-13H2,1-3H3,(H,18,19,20,22). The van der Waals surface area contributed by atoms with E-state index in [-0.39, 0.29) is 5.91 Å². The van der Waals surface area contributed by atoms with Crippen LogP contribution < -0.4 is 5.32 Å². The van der Waals surface area contributed by atoms with Gasteiger partial charge in [-0.05, 0) is 24.5 Å². The van der Waals surface area contributed by atoms with E-state index in [9.17, 15) is 4.79 Å². The van der Waals surface area contributed by atoms with E-state index in [1.54, 1.807) is 0 Å². The SMILES string of the molecule is CCCCCCCCCC(=O)Nc1nnnc(CC)c1CC. The Balaban J connectivity index is 2.33. The molecule has 1 N–H and O–H groups in total. The summed E-state index contributed by atoms with van der Waals surface area (Å²) in [4.78, 5) is 12.0.